The standard InChI is InChI=1S/C21H26FN3O2/c1-2-15-11-16(20(26)25-27)14-23-19(12-15)24-21(9-4-3-5-10-21)17-7-6-8-18(22)13-17/h6-8,12-14,27H,2-5,9-11H2,1H3,(H,23,24)(H,25,26). The van der Waals surface area contributed by atoms with Gasteiger partial charge in [0.2, 0.25) is 0 Å². The molecule has 0 aromatic heterocycles. The van der Waals surface area contributed by atoms with Gasteiger partial charge in [0, 0.05) is 18.2 Å². The quantitative estimate of drug-likeness (QED) is 0.551. The van der Waals surface area contributed by atoms with Crippen molar-refractivity contribution >= 4 is 11.7 Å². The molecule has 1 aromatic rings. The molecule has 0 saturated heterocycles. The number of rotatable bonds is 4. The van der Waals surface area contributed by atoms with Crippen LogP contribution in [0.3, 0.4) is 0 Å². The minimum absolute atomic E-state index is 0.252. The first-order chi connectivity index (χ1) is 13.1. The Balaban J connectivity index is 2.01. The topological polar surface area (TPSA) is 73.7 Å². The molecule has 0 unspecified atom stereocenters. The van der Waals surface area contributed by atoms with Crippen molar-refractivity contribution in [1.29, 1.82) is 0 Å². The fourth-order valence-electron chi connectivity index (χ4n) is 3.86. The number of hydroxylamine groups is 1. The number of allylic oxidation sites excluding steroid dienone is 1. The van der Waals surface area contributed by atoms with Crippen molar-refractivity contribution in [3.05, 3.63) is 59.1 Å². The molecule has 2 aliphatic rings. The first-order valence-electron chi connectivity index (χ1n) is 9.51. The number of nitrogens with zero attached hydrogens (tertiary/aromatic N) is 1. The summed E-state index contributed by atoms with van der Waals surface area (Å²) >= 11 is 0. The largest absolute Gasteiger partial charge is 0.346 e. The van der Waals surface area contributed by atoms with Crippen LogP contribution in [0.1, 0.15) is 57.4 Å². The summed E-state index contributed by atoms with van der Waals surface area (Å²) in [5.41, 5.74) is 3.60. The van der Waals surface area contributed by atoms with Crippen LogP contribution in [-0.2, 0) is 10.3 Å². The van der Waals surface area contributed by atoms with Crippen molar-refractivity contribution in [3.8, 4) is 0 Å². The molecule has 0 bridgehead atoms. The molecule has 1 aromatic carbocycles. The maximum atomic E-state index is 13.9. The number of hydrogen-bond donors (Lipinski definition) is 3. The van der Waals surface area contributed by atoms with Crippen LogP contribution in [-0.4, -0.2) is 17.0 Å². The number of amidine groups is 1. The molecule has 1 fully saturated rings. The van der Waals surface area contributed by atoms with E-state index in [1.165, 1.54) is 6.07 Å². The summed E-state index contributed by atoms with van der Waals surface area (Å²) in [4.78, 5) is 16.9. The number of carbonyl (C=O) groups excluding carboxylic acids is 1. The van der Waals surface area contributed by atoms with E-state index in [4.69, 9.17) is 10.2 Å². The normalized spacial score (nSPS) is 20.9. The van der Waals surface area contributed by atoms with Gasteiger partial charge in [-0.3, -0.25) is 15.0 Å². The predicted octanol–water partition coefficient (Wildman–Crippen LogP) is 4.10. The molecule has 3 rings (SSSR count). The molecule has 1 aliphatic carbocycles. The van der Waals surface area contributed by atoms with E-state index in [9.17, 15) is 9.18 Å². The van der Waals surface area contributed by atoms with Crippen molar-refractivity contribution in [2.75, 3.05) is 0 Å². The zero-order chi connectivity index (χ0) is 19.3. The summed E-state index contributed by atoms with van der Waals surface area (Å²) in [5, 5.41) is 12.0. The highest BCUT2D eigenvalue weighted by Crippen LogP contribution is 2.41. The van der Waals surface area contributed by atoms with Crippen molar-refractivity contribution in [2.24, 2.45) is 4.99 Å². The molecule has 0 spiro atoms. The lowest BCUT2D eigenvalue weighted by Crippen LogP contribution is -2.31. The molecule has 0 radical (unpaired) electrons. The second-order valence-corrected chi connectivity index (χ2v) is 7.19. The number of aliphatic imine (C=N–C) groups is 1. The lowest BCUT2D eigenvalue weighted by molar-refractivity contribution is -0.125. The van der Waals surface area contributed by atoms with Gasteiger partial charge < -0.3 is 5.32 Å². The summed E-state index contributed by atoms with van der Waals surface area (Å²) < 4.78 is 13.9. The SMILES string of the molecule is CCC1=CC(=NC2(c3cccc(F)c3)CCCCC2)NC=C(C(=O)NO)C1. The highest BCUT2D eigenvalue weighted by atomic mass is 19.1. The molecule has 1 amide bonds. The van der Waals surface area contributed by atoms with Gasteiger partial charge in [0.1, 0.15) is 11.7 Å². The van der Waals surface area contributed by atoms with Gasteiger partial charge in [-0.05, 0) is 43.0 Å². The molecular formula is C21H26FN3O2. The van der Waals surface area contributed by atoms with Gasteiger partial charge in [0.25, 0.3) is 5.91 Å². The smallest absolute Gasteiger partial charge is 0.272 e. The van der Waals surface area contributed by atoms with Crippen LogP contribution in [0.2, 0.25) is 0 Å². The Hall–Kier alpha value is -2.47. The second-order valence-electron chi connectivity index (χ2n) is 7.19. The summed E-state index contributed by atoms with van der Waals surface area (Å²) in [7, 11) is 0. The molecule has 5 nitrogen and oxygen atoms in total. The van der Waals surface area contributed by atoms with E-state index in [1.54, 1.807) is 23.8 Å². The highest BCUT2D eigenvalue weighted by molar-refractivity contribution is 5.99. The number of nitrogens with one attached hydrogen (secondary N) is 2. The minimum atomic E-state index is -0.527. The van der Waals surface area contributed by atoms with Gasteiger partial charge in [0.05, 0.1) is 5.54 Å². The zero-order valence-electron chi connectivity index (χ0n) is 15.6. The lowest BCUT2D eigenvalue weighted by atomic mass is 9.77. The van der Waals surface area contributed by atoms with Crippen LogP contribution in [0, 0.1) is 5.82 Å². The van der Waals surface area contributed by atoms with Crippen LogP contribution in [0.25, 0.3) is 0 Å². The average Bonchev–Trinajstić information content (AvgIpc) is 2.90. The maximum absolute atomic E-state index is 13.9. The number of benzene rings is 1. The minimum Gasteiger partial charge on any atom is -0.346 e. The van der Waals surface area contributed by atoms with Crippen LogP contribution < -0.4 is 10.8 Å². The van der Waals surface area contributed by atoms with Crippen molar-refractivity contribution < 1.29 is 14.4 Å². The summed E-state index contributed by atoms with van der Waals surface area (Å²) in [6.07, 6.45) is 9.75. The third-order valence-corrected chi connectivity index (χ3v) is 5.38. The van der Waals surface area contributed by atoms with Crippen molar-refractivity contribution in [2.45, 2.75) is 57.4 Å². The first kappa shape index (κ1) is 19.3. The summed E-state index contributed by atoms with van der Waals surface area (Å²) in [6.45, 7) is 2.02. The van der Waals surface area contributed by atoms with Gasteiger partial charge >= 0.3 is 0 Å². The summed E-state index contributed by atoms with van der Waals surface area (Å²) in [6, 6.07) is 6.71. The van der Waals surface area contributed by atoms with E-state index in [0.29, 0.717) is 17.8 Å². The molecule has 1 saturated carbocycles. The molecule has 0 atom stereocenters. The van der Waals surface area contributed by atoms with Gasteiger partial charge in [-0.25, -0.2) is 9.87 Å². The van der Waals surface area contributed by atoms with Gasteiger partial charge in [-0.2, -0.15) is 0 Å². The Morgan fingerprint density at radius 2 is 2.11 bits per heavy atom. The lowest BCUT2D eigenvalue weighted by Gasteiger charge is -2.35. The van der Waals surface area contributed by atoms with E-state index in [-0.39, 0.29) is 5.82 Å². The van der Waals surface area contributed by atoms with E-state index >= 15 is 0 Å². The summed E-state index contributed by atoms with van der Waals surface area (Å²) in [5.74, 6) is -0.113. The van der Waals surface area contributed by atoms with Crippen molar-refractivity contribution in [1.82, 2.24) is 10.8 Å². The maximum Gasteiger partial charge on any atom is 0.272 e. The fourth-order valence-corrected chi connectivity index (χ4v) is 3.86. The average molecular weight is 371 g/mol. The van der Waals surface area contributed by atoms with E-state index in [0.717, 1.165) is 49.7 Å². The Morgan fingerprint density at radius 3 is 2.78 bits per heavy atom. The van der Waals surface area contributed by atoms with E-state index in [1.807, 2.05) is 19.1 Å². The Labute approximate surface area is 159 Å². The molecule has 27 heavy (non-hydrogen) atoms. The van der Waals surface area contributed by atoms with Crippen LogP contribution in [0.4, 0.5) is 4.39 Å². The Kier molecular flexibility index (Phi) is 6.06. The Morgan fingerprint density at radius 1 is 1.33 bits per heavy atom. The molecule has 1 aliphatic heterocycles. The van der Waals surface area contributed by atoms with E-state index in [2.05, 4.69) is 5.32 Å². The molecule has 6 heteroatoms. The first-order valence-corrected chi connectivity index (χ1v) is 9.51. The third kappa shape index (κ3) is 4.45. The third-order valence-electron chi connectivity index (χ3n) is 5.38. The van der Waals surface area contributed by atoms with Gasteiger partial charge in [-0.15, -0.1) is 0 Å². The fraction of sp³-hybridized carbons (Fsp3) is 0.429. The van der Waals surface area contributed by atoms with Gasteiger partial charge in [-0.1, -0.05) is 43.9 Å². The second kappa shape index (κ2) is 8.48. The zero-order valence-corrected chi connectivity index (χ0v) is 15.6. The van der Waals surface area contributed by atoms with Crippen LogP contribution in [0.15, 0.2) is 52.7 Å². The van der Waals surface area contributed by atoms with Crippen molar-refractivity contribution in [3.63, 3.8) is 0 Å². The highest BCUT2D eigenvalue weighted by Gasteiger charge is 2.34. The molecular weight excluding hydrogens is 345 g/mol. The monoisotopic (exact) mass is 371 g/mol. The molecule has 144 valence electrons. The van der Waals surface area contributed by atoms with E-state index < -0.39 is 11.4 Å². The Bertz CT molecular complexity index is 792. The number of amides is 1. The number of halogens is 1. The predicted molar refractivity (Wildman–Crippen MR) is 103 cm³/mol. The number of carbonyl (C=O) groups is 1. The van der Waals surface area contributed by atoms with Crippen LogP contribution >= 0.6 is 0 Å². The van der Waals surface area contributed by atoms with Gasteiger partial charge in [0.15, 0.2) is 0 Å². The molecule has 1 heterocycles. The number of hydrogen-bond acceptors (Lipinski definition) is 3. The molecule has 3 N–H and O–H groups in total. The van der Waals surface area contributed by atoms with Crippen LogP contribution in [0.5, 0.6) is 0 Å².